The van der Waals surface area contributed by atoms with E-state index >= 15 is 0 Å². The molecule has 0 aliphatic heterocycles. The summed E-state index contributed by atoms with van der Waals surface area (Å²) in [5, 5.41) is 8.82. The van der Waals surface area contributed by atoms with Crippen molar-refractivity contribution in [2.75, 3.05) is 11.1 Å². The van der Waals surface area contributed by atoms with E-state index in [9.17, 15) is 17.6 Å². The lowest BCUT2D eigenvalue weighted by molar-refractivity contribution is -0.137. The Morgan fingerprint density at radius 1 is 1.32 bits per heavy atom. The van der Waals surface area contributed by atoms with Crippen LogP contribution in [0.15, 0.2) is 24.4 Å². The topological polar surface area (TPSA) is 66.7 Å². The molecule has 1 aromatic heterocycles. The maximum Gasteiger partial charge on any atom is 0.416 e. The summed E-state index contributed by atoms with van der Waals surface area (Å²) in [5.41, 5.74) is 5.06. The van der Waals surface area contributed by atoms with Gasteiger partial charge < -0.3 is 11.1 Å². The number of alkyl halides is 3. The molecule has 1 heterocycles. The first-order chi connectivity index (χ1) is 8.88. The number of nitrogen functional groups attached to an aromatic ring is 1. The van der Waals surface area contributed by atoms with E-state index in [0.29, 0.717) is 17.4 Å². The van der Waals surface area contributed by atoms with Gasteiger partial charge in [-0.15, -0.1) is 0 Å². The number of hydrogen-bond acceptors (Lipinski definition) is 3. The van der Waals surface area contributed by atoms with Gasteiger partial charge in [0.25, 0.3) is 0 Å². The lowest BCUT2D eigenvalue weighted by Crippen LogP contribution is -2.07. The molecule has 0 saturated heterocycles. The van der Waals surface area contributed by atoms with E-state index in [1.54, 1.807) is 0 Å². The summed E-state index contributed by atoms with van der Waals surface area (Å²) in [6.45, 7) is 0.157. The van der Waals surface area contributed by atoms with Gasteiger partial charge >= 0.3 is 6.18 Å². The number of H-pyrrole nitrogens is 1. The Balaban J connectivity index is 2.12. The predicted molar refractivity (Wildman–Crippen MR) is 61.7 cm³/mol. The molecule has 0 spiro atoms. The normalized spacial score (nSPS) is 11.6. The Hall–Kier alpha value is -2.25. The summed E-state index contributed by atoms with van der Waals surface area (Å²) in [6.07, 6.45) is -3.11. The number of aromatic amines is 1. The van der Waals surface area contributed by atoms with Crippen molar-refractivity contribution in [2.45, 2.75) is 12.7 Å². The highest BCUT2D eigenvalue weighted by atomic mass is 19.4. The Morgan fingerprint density at radius 2 is 2.05 bits per heavy atom. The van der Waals surface area contributed by atoms with Crippen molar-refractivity contribution in [3.8, 4) is 0 Å². The Labute approximate surface area is 105 Å². The summed E-state index contributed by atoms with van der Waals surface area (Å²) in [6, 6.07) is 2.29. The van der Waals surface area contributed by atoms with Gasteiger partial charge in [-0.1, -0.05) is 0 Å². The van der Waals surface area contributed by atoms with Crippen molar-refractivity contribution in [1.82, 2.24) is 10.2 Å². The fourth-order valence-electron chi connectivity index (χ4n) is 1.49. The van der Waals surface area contributed by atoms with Crippen LogP contribution in [0.5, 0.6) is 0 Å². The Kier molecular flexibility index (Phi) is 3.32. The molecule has 0 atom stereocenters. The van der Waals surface area contributed by atoms with E-state index in [2.05, 4.69) is 15.5 Å². The van der Waals surface area contributed by atoms with Crippen LogP contribution in [0.4, 0.5) is 29.1 Å². The minimum absolute atomic E-state index is 0.0337. The molecule has 2 rings (SSSR count). The number of benzene rings is 1. The maximum absolute atomic E-state index is 13.5. The van der Waals surface area contributed by atoms with Crippen LogP contribution < -0.4 is 11.1 Å². The van der Waals surface area contributed by atoms with Crippen molar-refractivity contribution in [2.24, 2.45) is 0 Å². The standard InChI is InChI=1S/C11H10F4N4/c12-8-3-7(11(13,14)15)1-2-9(8)17-4-6-5-18-19-10(6)16/h1-3,5,17H,4H2,(H3,16,18,19). The van der Waals surface area contributed by atoms with Crippen molar-refractivity contribution in [3.63, 3.8) is 0 Å². The van der Waals surface area contributed by atoms with Gasteiger partial charge in [0, 0.05) is 12.1 Å². The molecule has 0 radical (unpaired) electrons. The van der Waals surface area contributed by atoms with Gasteiger partial charge in [-0.3, -0.25) is 5.10 Å². The monoisotopic (exact) mass is 274 g/mol. The Bertz CT molecular complexity index is 576. The molecule has 0 fully saturated rings. The van der Waals surface area contributed by atoms with Gasteiger partial charge in [0.15, 0.2) is 0 Å². The zero-order valence-corrected chi connectivity index (χ0v) is 9.55. The van der Waals surface area contributed by atoms with Crippen molar-refractivity contribution in [3.05, 3.63) is 41.3 Å². The SMILES string of the molecule is Nc1[nH]ncc1CNc1ccc(C(F)(F)F)cc1F. The van der Waals surface area contributed by atoms with Gasteiger partial charge in [0.2, 0.25) is 0 Å². The van der Waals surface area contributed by atoms with Crippen LogP contribution in [-0.2, 0) is 12.7 Å². The summed E-state index contributed by atoms with van der Waals surface area (Å²) >= 11 is 0. The second-order valence-corrected chi connectivity index (χ2v) is 3.85. The van der Waals surface area contributed by atoms with E-state index in [4.69, 9.17) is 5.73 Å². The van der Waals surface area contributed by atoms with Crippen LogP contribution in [-0.4, -0.2) is 10.2 Å². The first-order valence-corrected chi connectivity index (χ1v) is 5.26. The zero-order chi connectivity index (χ0) is 14.0. The first-order valence-electron chi connectivity index (χ1n) is 5.26. The highest BCUT2D eigenvalue weighted by Gasteiger charge is 2.31. The molecule has 0 aliphatic carbocycles. The fraction of sp³-hybridized carbons (Fsp3) is 0.182. The maximum atomic E-state index is 13.5. The molecule has 4 N–H and O–H groups in total. The van der Waals surface area contributed by atoms with Crippen molar-refractivity contribution in [1.29, 1.82) is 0 Å². The minimum atomic E-state index is -4.56. The number of nitrogens with one attached hydrogen (secondary N) is 2. The molecule has 0 bridgehead atoms. The van der Waals surface area contributed by atoms with Crippen LogP contribution in [0.2, 0.25) is 0 Å². The van der Waals surface area contributed by atoms with Crippen molar-refractivity contribution >= 4 is 11.5 Å². The van der Waals surface area contributed by atoms with Crippen LogP contribution in [0.1, 0.15) is 11.1 Å². The molecule has 1 aromatic carbocycles. The summed E-state index contributed by atoms with van der Waals surface area (Å²) in [7, 11) is 0. The van der Waals surface area contributed by atoms with Crippen LogP contribution in [0.25, 0.3) is 0 Å². The molecule has 0 amide bonds. The molecule has 4 nitrogen and oxygen atoms in total. The summed E-state index contributed by atoms with van der Waals surface area (Å²) in [5.74, 6) is -0.656. The van der Waals surface area contributed by atoms with E-state index in [1.165, 1.54) is 6.20 Å². The van der Waals surface area contributed by atoms with E-state index in [1.807, 2.05) is 0 Å². The average molecular weight is 274 g/mol. The zero-order valence-electron chi connectivity index (χ0n) is 9.55. The van der Waals surface area contributed by atoms with Crippen molar-refractivity contribution < 1.29 is 17.6 Å². The number of halogens is 4. The number of nitrogens with two attached hydrogens (primary N) is 1. The second kappa shape index (κ2) is 4.79. The fourth-order valence-corrected chi connectivity index (χ4v) is 1.49. The summed E-state index contributed by atoms with van der Waals surface area (Å²) < 4.78 is 50.5. The van der Waals surface area contributed by atoms with Gasteiger partial charge in [-0.2, -0.15) is 18.3 Å². The van der Waals surface area contributed by atoms with E-state index in [-0.39, 0.29) is 12.2 Å². The lowest BCUT2D eigenvalue weighted by Gasteiger charge is -2.10. The van der Waals surface area contributed by atoms with Gasteiger partial charge in [-0.05, 0) is 18.2 Å². The Morgan fingerprint density at radius 3 is 2.58 bits per heavy atom. The minimum Gasteiger partial charge on any atom is -0.384 e. The van der Waals surface area contributed by atoms with Gasteiger partial charge in [0.1, 0.15) is 11.6 Å². The third-order valence-electron chi connectivity index (χ3n) is 2.52. The summed E-state index contributed by atoms with van der Waals surface area (Å²) in [4.78, 5) is 0. The second-order valence-electron chi connectivity index (χ2n) is 3.85. The smallest absolute Gasteiger partial charge is 0.384 e. The molecule has 102 valence electrons. The van der Waals surface area contributed by atoms with Gasteiger partial charge in [0.05, 0.1) is 17.4 Å². The quantitative estimate of drug-likeness (QED) is 0.754. The number of nitrogens with zero attached hydrogens (tertiary/aromatic N) is 1. The highest BCUT2D eigenvalue weighted by molar-refractivity contribution is 5.49. The molecule has 0 saturated carbocycles. The molecule has 8 heteroatoms. The average Bonchev–Trinajstić information content (AvgIpc) is 2.72. The lowest BCUT2D eigenvalue weighted by atomic mass is 10.2. The molecular weight excluding hydrogens is 264 g/mol. The van der Waals surface area contributed by atoms with Crippen LogP contribution in [0.3, 0.4) is 0 Å². The number of hydrogen-bond donors (Lipinski definition) is 3. The van der Waals surface area contributed by atoms with Crippen LogP contribution >= 0.6 is 0 Å². The van der Waals surface area contributed by atoms with E-state index < -0.39 is 17.6 Å². The molecular formula is C11H10F4N4. The molecule has 19 heavy (non-hydrogen) atoms. The largest absolute Gasteiger partial charge is 0.416 e. The third-order valence-corrected chi connectivity index (χ3v) is 2.52. The number of anilines is 2. The first kappa shape index (κ1) is 13.2. The third kappa shape index (κ3) is 2.95. The molecule has 0 unspecified atom stereocenters. The van der Waals surface area contributed by atoms with Crippen LogP contribution in [0, 0.1) is 5.82 Å². The van der Waals surface area contributed by atoms with E-state index in [0.717, 1.165) is 12.1 Å². The molecule has 2 aromatic rings. The molecule has 0 aliphatic rings. The predicted octanol–water partition coefficient (Wildman–Crippen LogP) is 2.76. The highest BCUT2D eigenvalue weighted by Crippen LogP contribution is 2.31. The number of rotatable bonds is 3. The number of aromatic nitrogens is 2. The van der Waals surface area contributed by atoms with Gasteiger partial charge in [-0.25, -0.2) is 4.39 Å².